The van der Waals surface area contributed by atoms with Crippen LogP contribution in [0.15, 0.2) is 52.7 Å². The van der Waals surface area contributed by atoms with Crippen molar-refractivity contribution in [1.82, 2.24) is 9.97 Å². The lowest BCUT2D eigenvalue weighted by Crippen LogP contribution is -2.14. The minimum Gasteiger partial charge on any atom is -0.493 e. The first-order valence-electron chi connectivity index (χ1n) is 9.09. The molecule has 0 aliphatic rings. The van der Waals surface area contributed by atoms with Gasteiger partial charge >= 0.3 is 0 Å². The third kappa shape index (κ3) is 4.16. The summed E-state index contributed by atoms with van der Waals surface area (Å²) in [4.78, 5) is 9.62. The minimum absolute atomic E-state index is 0.0872. The standard InChI is InChI=1S/C21H18ClN3O4S2/c1-12-23-20(25-31(26,27)15-7-5-14(22)6-8-15)19-16(11-30-21(19)24-12)13-4-9-17(28-2)18(10-13)29-3/h4-11H,1-3H3,(H,23,24,25). The van der Waals surface area contributed by atoms with E-state index in [0.29, 0.717) is 32.6 Å². The van der Waals surface area contributed by atoms with Gasteiger partial charge in [0.2, 0.25) is 0 Å². The highest BCUT2D eigenvalue weighted by Gasteiger charge is 2.21. The molecule has 0 saturated heterocycles. The second-order valence-electron chi connectivity index (χ2n) is 6.58. The maximum absolute atomic E-state index is 13.0. The lowest BCUT2D eigenvalue weighted by Gasteiger charge is -2.12. The number of nitrogens with zero attached hydrogens (tertiary/aromatic N) is 2. The van der Waals surface area contributed by atoms with Crippen LogP contribution in [0.4, 0.5) is 5.82 Å². The second kappa shape index (κ2) is 8.33. The molecule has 2 aromatic carbocycles. The van der Waals surface area contributed by atoms with Crippen molar-refractivity contribution in [2.75, 3.05) is 18.9 Å². The van der Waals surface area contributed by atoms with Gasteiger partial charge in [0.05, 0.1) is 24.5 Å². The van der Waals surface area contributed by atoms with Crippen LogP contribution >= 0.6 is 22.9 Å². The summed E-state index contributed by atoms with van der Waals surface area (Å²) in [5, 5.41) is 2.98. The average Bonchev–Trinajstić information content (AvgIpc) is 3.17. The van der Waals surface area contributed by atoms with Crippen molar-refractivity contribution < 1.29 is 17.9 Å². The van der Waals surface area contributed by atoms with Crippen molar-refractivity contribution in [1.29, 1.82) is 0 Å². The molecule has 7 nitrogen and oxygen atoms in total. The highest BCUT2D eigenvalue weighted by molar-refractivity contribution is 7.92. The molecule has 0 unspecified atom stereocenters. The fourth-order valence-electron chi connectivity index (χ4n) is 3.14. The Morgan fingerprint density at radius 2 is 1.71 bits per heavy atom. The van der Waals surface area contributed by atoms with Gasteiger partial charge in [-0.05, 0) is 48.9 Å². The number of anilines is 1. The Morgan fingerprint density at radius 3 is 2.39 bits per heavy atom. The van der Waals surface area contributed by atoms with E-state index in [-0.39, 0.29) is 10.7 Å². The monoisotopic (exact) mass is 475 g/mol. The zero-order valence-electron chi connectivity index (χ0n) is 16.8. The van der Waals surface area contributed by atoms with E-state index in [9.17, 15) is 8.42 Å². The normalized spacial score (nSPS) is 11.5. The summed E-state index contributed by atoms with van der Waals surface area (Å²) >= 11 is 7.30. The van der Waals surface area contributed by atoms with E-state index in [4.69, 9.17) is 21.1 Å². The molecule has 31 heavy (non-hydrogen) atoms. The summed E-state index contributed by atoms with van der Waals surface area (Å²) in [6.45, 7) is 1.72. The highest BCUT2D eigenvalue weighted by Crippen LogP contribution is 2.40. The first-order valence-corrected chi connectivity index (χ1v) is 11.8. The molecule has 0 aliphatic carbocycles. The molecular formula is C21H18ClN3O4S2. The topological polar surface area (TPSA) is 90.4 Å². The van der Waals surface area contributed by atoms with Crippen LogP contribution in [0.2, 0.25) is 5.02 Å². The first-order chi connectivity index (χ1) is 14.8. The number of halogens is 1. The molecule has 4 aromatic rings. The van der Waals surface area contributed by atoms with Crippen molar-refractivity contribution in [3.05, 3.63) is 58.7 Å². The molecule has 2 heterocycles. The molecule has 0 saturated carbocycles. The van der Waals surface area contributed by atoms with E-state index in [1.807, 2.05) is 17.5 Å². The van der Waals surface area contributed by atoms with Gasteiger partial charge in [-0.2, -0.15) is 0 Å². The number of rotatable bonds is 6. The molecule has 0 amide bonds. The van der Waals surface area contributed by atoms with Crippen LogP contribution in [-0.4, -0.2) is 32.6 Å². The lowest BCUT2D eigenvalue weighted by atomic mass is 10.1. The molecule has 0 atom stereocenters. The molecule has 0 bridgehead atoms. The third-order valence-electron chi connectivity index (χ3n) is 4.59. The van der Waals surface area contributed by atoms with E-state index >= 15 is 0 Å². The molecule has 0 fully saturated rings. The number of hydrogen-bond acceptors (Lipinski definition) is 7. The van der Waals surface area contributed by atoms with Gasteiger partial charge in [0.15, 0.2) is 17.3 Å². The van der Waals surface area contributed by atoms with E-state index in [2.05, 4.69) is 14.7 Å². The minimum atomic E-state index is -3.88. The Bertz CT molecular complexity index is 1370. The van der Waals surface area contributed by atoms with Crippen LogP contribution in [-0.2, 0) is 10.0 Å². The number of methoxy groups -OCH3 is 2. The Kier molecular flexibility index (Phi) is 5.74. The summed E-state index contributed by atoms with van der Waals surface area (Å²) in [5.41, 5.74) is 1.61. The van der Waals surface area contributed by atoms with E-state index in [0.717, 1.165) is 11.1 Å². The fourth-order valence-corrected chi connectivity index (χ4v) is 5.27. The molecule has 4 rings (SSSR count). The predicted octanol–water partition coefficient (Wildman–Crippen LogP) is 5.14. The van der Waals surface area contributed by atoms with E-state index in [1.54, 1.807) is 27.2 Å². The zero-order valence-corrected chi connectivity index (χ0v) is 19.2. The van der Waals surface area contributed by atoms with Crippen molar-refractivity contribution in [3.63, 3.8) is 0 Å². The number of thiophene rings is 1. The van der Waals surface area contributed by atoms with Crippen LogP contribution in [0.5, 0.6) is 11.5 Å². The van der Waals surface area contributed by atoms with Gasteiger partial charge in [-0.15, -0.1) is 11.3 Å². The first kappa shape index (κ1) is 21.4. The Labute approximate surface area is 188 Å². The number of benzene rings is 2. The number of ether oxygens (including phenoxy) is 2. The van der Waals surface area contributed by atoms with Gasteiger partial charge in [0.1, 0.15) is 10.7 Å². The SMILES string of the molecule is COc1ccc(-c2csc3nc(C)nc(NS(=O)(=O)c4ccc(Cl)cc4)c23)cc1OC. The van der Waals surface area contributed by atoms with E-state index in [1.165, 1.54) is 35.6 Å². The largest absolute Gasteiger partial charge is 0.493 e. The van der Waals surface area contributed by atoms with Crippen molar-refractivity contribution >= 4 is 49.0 Å². The molecule has 10 heteroatoms. The number of nitrogens with one attached hydrogen (secondary N) is 1. The van der Waals surface area contributed by atoms with Crippen LogP contribution in [0.25, 0.3) is 21.3 Å². The zero-order chi connectivity index (χ0) is 22.2. The van der Waals surface area contributed by atoms with Gasteiger partial charge in [-0.1, -0.05) is 17.7 Å². The van der Waals surface area contributed by atoms with Gasteiger partial charge in [-0.25, -0.2) is 18.4 Å². The molecule has 1 N–H and O–H groups in total. The fraction of sp³-hybridized carbons (Fsp3) is 0.143. The molecular weight excluding hydrogens is 458 g/mol. The Balaban J connectivity index is 1.85. The maximum atomic E-state index is 13.0. The third-order valence-corrected chi connectivity index (χ3v) is 7.07. The molecule has 0 radical (unpaired) electrons. The van der Waals surface area contributed by atoms with Crippen molar-refractivity contribution in [2.45, 2.75) is 11.8 Å². The van der Waals surface area contributed by atoms with Crippen molar-refractivity contribution in [2.24, 2.45) is 0 Å². The summed E-state index contributed by atoms with van der Waals surface area (Å²) in [6, 6.07) is 11.4. The molecule has 160 valence electrons. The summed E-state index contributed by atoms with van der Waals surface area (Å²) in [7, 11) is -0.749. The van der Waals surface area contributed by atoms with Gasteiger partial charge in [0.25, 0.3) is 10.0 Å². The molecule has 0 aliphatic heterocycles. The number of hydrogen-bond donors (Lipinski definition) is 1. The predicted molar refractivity (Wildman–Crippen MR) is 123 cm³/mol. The van der Waals surface area contributed by atoms with Crippen LogP contribution in [0.3, 0.4) is 0 Å². The van der Waals surface area contributed by atoms with Crippen LogP contribution in [0.1, 0.15) is 5.82 Å². The lowest BCUT2D eigenvalue weighted by molar-refractivity contribution is 0.355. The number of fused-ring (bicyclic) bond motifs is 1. The van der Waals surface area contributed by atoms with Crippen molar-refractivity contribution in [3.8, 4) is 22.6 Å². The summed E-state index contributed by atoms with van der Waals surface area (Å²) < 4.78 is 39.3. The second-order valence-corrected chi connectivity index (χ2v) is 9.56. The molecule has 2 aromatic heterocycles. The van der Waals surface area contributed by atoms with Gasteiger partial charge in [-0.3, -0.25) is 4.72 Å². The van der Waals surface area contributed by atoms with E-state index < -0.39 is 10.0 Å². The quantitative estimate of drug-likeness (QED) is 0.415. The Hall–Kier alpha value is -2.88. The Morgan fingerprint density at radius 1 is 1.00 bits per heavy atom. The average molecular weight is 476 g/mol. The number of sulfonamides is 1. The molecule has 0 spiro atoms. The highest BCUT2D eigenvalue weighted by atomic mass is 35.5. The van der Waals surface area contributed by atoms with Crippen LogP contribution in [0, 0.1) is 6.92 Å². The van der Waals surface area contributed by atoms with Gasteiger partial charge in [0, 0.05) is 16.0 Å². The summed E-state index contributed by atoms with van der Waals surface area (Å²) in [5.74, 6) is 1.84. The smallest absolute Gasteiger partial charge is 0.263 e. The summed E-state index contributed by atoms with van der Waals surface area (Å²) in [6.07, 6.45) is 0. The van der Waals surface area contributed by atoms with Gasteiger partial charge < -0.3 is 9.47 Å². The maximum Gasteiger partial charge on any atom is 0.263 e. The number of aryl methyl sites for hydroxylation is 1. The van der Waals surface area contributed by atoms with Crippen LogP contribution < -0.4 is 14.2 Å². The number of aromatic nitrogens is 2.